The highest BCUT2D eigenvalue weighted by atomic mass is 16.5. The fourth-order valence-corrected chi connectivity index (χ4v) is 2.17. The SMILES string of the molecule is COC1CC(NCC(=O)NCCC#N)C1(C)C. The molecule has 0 spiro atoms. The smallest absolute Gasteiger partial charge is 0.233 e. The van der Waals surface area contributed by atoms with Crippen molar-refractivity contribution in [2.24, 2.45) is 5.41 Å². The minimum atomic E-state index is -0.0584. The first-order valence-corrected chi connectivity index (χ1v) is 5.92. The first kappa shape index (κ1) is 13.9. The van der Waals surface area contributed by atoms with Crippen LogP contribution < -0.4 is 10.6 Å². The summed E-state index contributed by atoms with van der Waals surface area (Å²) in [6.07, 6.45) is 1.56. The van der Waals surface area contributed by atoms with E-state index in [1.54, 1.807) is 7.11 Å². The first-order valence-electron chi connectivity index (χ1n) is 5.92. The monoisotopic (exact) mass is 239 g/mol. The summed E-state index contributed by atoms with van der Waals surface area (Å²) in [5.74, 6) is -0.0584. The molecule has 0 saturated heterocycles. The Morgan fingerprint density at radius 3 is 2.82 bits per heavy atom. The number of nitriles is 1. The highest BCUT2D eigenvalue weighted by Gasteiger charge is 2.48. The van der Waals surface area contributed by atoms with E-state index in [2.05, 4.69) is 24.5 Å². The van der Waals surface area contributed by atoms with Crippen LogP contribution in [-0.4, -0.2) is 38.3 Å². The molecule has 2 unspecified atom stereocenters. The maximum Gasteiger partial charge on any atom is 0.233 e. The Balaban J connectivity index is 2.20. The van der Waals surface area contributed by atoms with Crippen molar-refractivity contribution in [2.45, 2.75) is 38.8 Å². The lowest BCUT2D eigenvalue weighted by molar-refractivity contribution is -0.123. The molecule has 0 aromatic rings. The van der Waals surface area contributed by atoms with Gasteiger partial charge in [0, 0.05) is 25.1 Å². The summed E-state index contributed by atoms with van der Waals surface area (Å²) in [5, 5.41) is 14.2. The summed E-state index contributed by atoms with van der Waals surface area (Å²) in [6.45, 7) is 4.99. The molecule has 2 N–H and O–H groups in total. The van der Waals surface area contributed by atoms with E-state index in [4.69, 9.17) is 10.00 Å². The number of ether oxygens (including phenoxy) is 1. The van der Waals surface area contributed by atoms with Gasteiger partial charge in [0.2, 0.25) is 5.91 Å². The molecule has 5 heteroatoms. The van der Waals surface area contributed by atoms with Crippen molar-refractivity contribution in [1.29, 1.82) is 5.26 Å². The zero-order valence-corrected chi connectivity index (χ0v) is 10.7. The summed E-state index contributed by atoms with van der Waals surface area (Å²) in [6, 6.07) is 2.30. The van der Waals surface area contributed by atoms with E-state index >= 15 is 0 Å². The van der Waals surface area contributed by atoms with Gasteiger partial charge >= 0.3 is 0 Å². The van der Waals surface area contributed by atoms with Crippen LogP contribution in [0.2, 0.25) is 0 Å². The lowest BCUT2D eigenvalue weighted by Crippen LogP contribution is -2.61. The van der Waals surface area contributed by atoms with Crippen LogP contribution in [0.3, 0.4) is 0 Å². The van der Waals surface area contributed by atoms with Crippen LogP contribution >= 0.6 is 0 Å². The van der Waals surface area contributed by atoms with Crippen molar-refractivity contribution in [1.82, 2.24) is 10.6 Å². The van der Waals surface area contributed by atoms with Crippen LogP contribution in [0, 0.1) is 16.7 Å². The minimum absolute atomic E-state index is 0.0584. The number of nitrogens with one attached hydrogen (secondary N) is 2. The number of amides is 1. The van der Waals surface area contributed by atoms with Crippen LogP contribution in [0.15, 0.2) is 0 Å². The molecule has 0 aromatic heterocycles. The molecule has 1 fully saturated rings. The van der Waals surface area contributed by atoms with Crippen molar-refractivity contribution < 1.29 is 9.53 Å². The molecule has 17 heavy (non-hydrogen) atoms. The fourth-order valence-electron chi connectivity index (χ4n) is 2.17. The van der Waals surface area contributed by atoms with Gasteiger partial charge in [-0.2, -0.15) is 5.26 Å². The third-order valence-corrected chi connectivity index (χ3v) is 3.53. The normalized spacial score (nSPS) is 25.8. The number of nitrogens with zero attached hydrogens (tertiary/aromatic N) is 1. The third-order valence-electron chi connectivity index (χ3n) is 3.53. The van der Waals surface area contributed by atoms with Crippen molar-refractivity contribution in [3.05, 3.63) is 0 Å². The zero-order chi connectivity index (χ0) is 12.9. The molecule has 1 aliphatic carbocycles. The van der Waals surface area contributed by atoms with Crippen LogP contribution in [0.1, 0.15) is 26.7 Å². The number of rotatable bonds is 6. The maximum absolute atomic E-state index is 11.4. The molecule has 0 aliphatic heterocycles. The zero-order valence-electron chi connectivity index (χ0n) is 10.7. The second-order valence-electron chi connectivity index (χ2n) is 4.97. The van der Waals surface area contributed by atoms with Crippen LogP contribution in [0.4, 0.5) is 0 Å². The Labute approximate surface area is 103 Å². The average molecular weight is 239 g/mol. The lowest BCUT2D eigenvalue weighted by atomic mass is 9.64. The van der Waals surface area contributed by atoms with Crippen LogP contribution in [0.5, 0.6) is 0 Å². The number of hydrogen-bond acceptors (Lipinski definition) is 4. The number of methoxy groups -OCH3 is 1. The lowest BCUT2D eigenvalue weighted by Gasteiger charge is -2.51. The molecular weight excluding hydrogens is 218 g/mol. The van der Waals surface area contributed by atoms with Crippen LogP contribution in [0.25, 0.3) is 0 Å². The number of carbonyl (C=O) groups excluding carboxylic acids is 1. The molecule has 1 rings (SSSR count). The van der Waals surface area contributed by atoms with Crippen LogP contribution in [-0.2, 0) is 9.53 Å². The molecule has 1 amide bonds. The van der Waals surface area contributed by atoms with Gasteiger partial charge in [0.25, 0.3) is 0 Å². The van der Waals surface area contributed by atoms with Crippen molar-refractivity contribution in [3.63, 3.8) is 0 Å². The molecule has 0 radical (unpaired) electrons. The molecule has 1 saturated carbocycles. The van der Waals surface area contributed by atoms with E-state index in [-0.39, 0.29) is 17.4 Å². The Morgan fingerprint density at radius 1 is 1.59 bits per heavy atom. The third kappa shape index (κ3) is 3.42. The van der Waals surface area contributed by atoms with E-state index in [1.807, 2.05) is 6.07 Å². The average Bonchev–Trinajstić information content (AvgIpc) is 2.28. The predicted molar refractivity (Wildman–Crippen MR) is 64.2 cm³/mol. The quantitative estimate of drug-likeness (QED) is 0.659. The second-order valence-corrected chi connectivity index (χ2v) is 4.97. The van der Waals surface area contributed by atoms with E-state index in [9.17, 15) is 4.79 Å². The Morgan fingerprint density at radius 2 is 2.29 bits per heavy atom. The first-order chi connectivity index (χ1) is 8.02. The van der Waals surface area contributed by atoms with Gasteiger partial charge in [0.1, 0.15) is 0 Å². The summed E-state index contributed by atoms with van der Waals surface area (Å²) in [5.41, 5.74) is 0.0711. The molecule has 5 nitrogen and oxygen atoms in total. The molecule has 0 bridgehead atoms. The Bertz CT molecular complexity index is 309. The molecule has 2 atom stereocenters. The van der Waals surface area contributed by atoms with Crippen molar-refractivity contribution in [3.8, 4) is 6.07 Å². The maximum atomic E-state index is 11.4. The molecule has 0 aromatic carbocycles. The molecular formula is C12H21N3O2. The molecule has 96 valence electrons. The van der Waals surface area contributed by atoms with E-state index in [0.29, 0.717) is 25.6 Å². The number of carbonyl (C=O) groups is 1. The van der Waals surface area contributed by atoms with E-state index < -0.39 is 0 Å². The van der Waals surface area contributed by atoms with Crippen molar-refractivity contribution >= 4 is 5.91 Å². The van der Waals surface area contributed by atoms with Gasteiger partial charge in [-0.1, -0.05) is 13.8 Å². The highest BCUT2D eigenvalue weighted by molar-refractivity contribution is 5.78. The second kappa shape index (κ2) is 5.99. The van der Waals surface area contributed by atoms with Gasteiger partial charge in [0.05, 0.1) is 25.1 Å². The standard InChI is InChI=1S/C12H21N3O2/c1-12(2)9(7-10(12)17-3)15-8-11(16)14-6-4-5-13/h9-10,15H,4,6-8H2,1-3H3,(H,14,16). The van der Waals surface area contributed by atoms with Gasteiger partial charge in [-0.25, -0.2) is 0 Å². The van der Waals surface area contributed by atoms with E-state index in [1.165, 1.54) is 0 Å². The number of hydrogen-bond donors (Lipinski definition) is 2. The van der Waals surface area contributed by atoms with Gasteiger partial charge < -0.3 is 15.4 Å². The largest absolute Gasteiger partial charge is 0.381 e. The molecule has 1 aliphatic rings. The Kier molecular flexibility index (Phi) is 4.91. The topological polar surface area (TPSA) is 74.2 Å². The van der Waals surface area contributed by atoms with Gasteiger partial charge in [0.15, 0.2) is 0 Å². The predicted octanol–water partition coefficient (Wildman–Crippen LogP) is 0.419. The minimum Gasteiger partial charge on any atom is -0.381 e. The fraction of sp³-hybridized carbons (Fsp3) is 0.833. The molecule has 0 heterocycles. The van der Waals surface area contributed by atoms with Crippen molar-refractivity contribution in [2.75, 3.05) is 20.2 Å². The summed E-state index contributed by atoms with van der Waals surface area (Å²) in [4.78, 5) is 11.4. The summed E-state index contributed by atoms with van der Waals surface area (Å²) < 4.78 is 5.34. The van der Waals surface area contributed by atoms with Gasteiger partial charge in [-0.3, -0.25) is 4.79 Å². The van der Waals surface area contributed by atoms with E-state index in [0.717, 1.165) is 6.42 Å². The summed E-state index contributed by atoms with van der Waals surface area (Å²) >= 11 is 0. The van der Waals surface area contributed by atoms with Gasteiger partial charge in [-0.05, 0) is 6.42 Å². The highest BCUT2D eigenvalue weighted by Crippen LogP contribution is 2.42. The summed E-state index contributed by atoms with van der Waals surface area (Å²) in [7, 11) is 1.72. The van der Waals surface area contributed by atoms with Gasteiger partial charge in [-0.15, -0.1) is 0 Å². The Hall–Kier alpha value is -1.12.